The maximum Gasteiger partial charge on any atom is 0.168 e. The van der Waals surface area contributed by atoms with Gasteiger partial charge in [-0.25, -0.2) is 4.98 Å². The molecule has 1 N–H and O–H groups in total. The Kier molecular flexibility index (Phi) is 5.23. The summed E-state index contributed by atoms with van der Waals surface area (Å²) in [6.07, 6.45) is 2.66. The molecular formula is C21H21N3O2. The van der Waals surface area contributed by atoms with Crippen LogP contribution in [-0.2, 0) is 0 Å². The number of hydrogen-bond donors (Lipinski definition) is 1. The zero-order valence-electron chi connectivity index (χ0n) is 15.2. The van der Waals surface area contributed by atoms with E-state index < -0.39 is 0 Å². The molecule has 0 spiro atoms. The Hall–Kier alpha value is -3.26. The molecule has 0 fully saturated rings. The van der Waals surface area contributed by atoms with Crippen LogP contribution in [0, 0.1) is 18.3 Å². The number of rotatable bonds is 6. The van der Waals surface area contributed by atoms with Crippen LogP contribution in [0.2, 0.25) is 0 Å². The molecule has 0 atom stereocenters. The molecule has 26 heavy (non-hydrogen) atoms. The monoisotopic (exact) mass is 347 g/mol. The van der Waals surface area contributed by atoms with Crippen molar-refractivity contribution in [1.82, 2.24) is 9.97 Å². The number of fused-ring (bicyclic) bond motifs is 1. The molecule has 0 aliphatic carbocycles. The number of para-hydroxylation sites is 1. The minimum atomic E-state index is 0.438. The molecule has 3 aromatic rings. The molecule has 0 amide bonds. The normalized spacial score (nSPS) is 11.4. The second kappa shape index (κ2) is 7.75. The average Bonchev–Trinajstić information content (AvgIpc) is 3.07. The third-order valence-electron chi connectivity index (χ3n) is 3.99. The van der Waals surface area contributed by atoms with Gasteiger partial charge < -0.3 is 14.5 Å². The largest absolute Gasteiger partial charge is 0.493 e. The van der Waals surface area contributed by atoms with Crippen LogP contribution >= 0.6 is 0 Å². The fourth-order valence-corrected chi connectivity index (χ4v) is 2.73. The Morgan fingerprint density at radius 1 is 1.31 bits per heavy atom. The van der Waals surface area contributed by atoms with Gasteiger partial charge in [-0.1, -0.05) is 25.1 Å². The second-order valence-corrected chi connectivity index (χ2v) is 6.00. The van der Waals surface area contributed by atoms with E-state index >= 15 is 0 Å². The molecular weight excluding hydrogens is 326 g/mol. The van der Waals surface area contributed by atoms with Crippen molar-refractivity contribution in [2.75, 3.05) is 13.7 Å². The molecule has 0 aliphatic rings. The van der Waals surface area contributed by atoms with Crippen LogP contribution in [0.1, 0.15) is 30.3 Å². The van der Waals surface area contributed by atoms with Gasteiger partial charge in [0.15, 0.2) is 11.5 Å². The van der Waals surface area contributed by atoms with E-state index in [0.717, 1.165) is 28.6 Å². The number of aromatic nitrogens is 2. The zero-order chi connectivity index (χ0) is 18.5. The lowest BCUT2D eigenvalue weighted by Crippen LogP contribution is -2.00. The molecule has 132 valence electrons. The average molecular weight is 347 g/mol. The highest BCUT2D eigenvalue weighted by atomic mass is 16.5. The number of H-pyrrole nitrogens is 1. The molecule has 1 aromatic heterocycles. The first kappa shape index (κ1) is 17.6. The Bertz CT molecular complexity index is 996. The predicted molar refractivity (Wildman–Crippen MR) is 103 cm³/mol. The fraction of sp³-hybridized carbons (Fsp3) is 0.238. The molecule has 3 rings (SSSR count). The summed E-state index contributed by atoms with van der Waals surface area (Å²) in [5, 5.41) is 9.66. The van der Waals surface area contributed by atoms with Crippen LogP contribution < -0.4 is 9.47 Å². The Morgan fingerprint density at radius 3 is 2.88 bits per heavy atom. The molecule has 5 nitrogen and oxygen atoms in total. The van der Waals surface area contributed by atoms with Crippen molar-refractivity contribution in [2.24, 2.45) is 0 Å². The van der Waals surface area contributed by atoms with Crippen molar-refractivity contribution in [2.45, 2.75) is 20.3 Å². The third-order valence-corrected chi connectivity index (χ3v) is 3.99. The van der Waals surface area contributed by atoms with Crippen molar-refractivity contribution in [3.63, 3.8) is 0 Å². The summed E-state index contributed by atoms with van der Waals surface area (Å²) in [5.41, 5.74) is 4.10. The van der Waals surface area contributed by atoms with Crippen LogP contribution in [0.4, 0.5) is 0 Å². The summed E-state index contributed by atoms with van der Waals surface area (Å²) in [6, 6.07) is 13.8. The number of allylic oxidation sites excluding steroid dienone is 1. The first-order valence-corrected chi connectivity index (χ1v) is 8.54. The summed E-state index contributed by atoms with van der Waals surface area (Å²) in [6.45, 7) is 4.64. The van der Waals surface area contributed by atoms with E-state index in [9.17, 15) is 5.26 Å². The van der Waals surface area contributed by atoms with Gasteiger partial charge in [-0.05, 0) is 43.2 Å². The highest BCUT2D eigenvalue weighted by Gasteiger charge is 2.13. The van der Waals surface area contributed by atoms with Gasteiger partial charge in [-0.3, -0.25) is 0 Å². The van der Waals surface area contributed by atoms with Crippen molar-refractivity contribution in [3.8, 4) is 17.6 Å². The lowest BCUT2D eigenvalue weighted by molar-refractivity contribution is 0.293. The third kappa shape index (κ3) is 3.55. The van der Waals surface area contributed by atoms with Gasteiger partial charge in [0.05, 0.1) is 30.3 Å². The first-order chi connectivity index (χ1) is 12.7. The summed E-state index contributed by atoms with van der Waals surface area (Å²) in [7, 11) is 1.61. The number of aromatic amines is 1. The quantitative estimate of drug-likeness (QED) is 0.654. The van der Waals surface area contributed by atoms with Gasteiger partial charge in [-0.2, -0.15) is 5.26 Å². The maximum atomic E-state index is 9.66. The van der Waals surface area contributed by atoms with Crippen molar-refractivity contribution in [3.05, 3.63) is 53.3 Å². The highest BCUT2D eigenvalue weighted by Crippen LogP contribution is 2.33. The molecule has 0 bridgehead atoms. The smallest absolute Gasteiger partial charge is 0.168 e. The molecule has 0 unspecified atom stereocenters. The minimum absolute atomic E-state index is 0.438. The lowest BCUT2D eigenvalue weighted by Gasteiger charge is -2.12. The number of methoxy groups -OCH3 is 1. The number of imidazole rings is 1. The standard InChI is InChI=1S/C21H21N3O2/c1-4-10-26-20-15(6-5-7-19(20)25-3)12-16(13-22)21-23-17-9-8-14(2)11-18(17)24-21/h5-9,11-12H,4,10H2,1-3H3,(H,23,24)/b16-12-. The predicted octanol–water partition coefficient (Wildman–Crippen LogP) is 4.73. The molecule has 1 heterocycles. The van der Waals surface area contributed by atoms with Crippen molar-refractivity contribution < 1.29 is 9.47 Å². The van der Waals surface area contributed by atoms with E-state index in [1.54, 1.807) is 13.2 Å². The number of nitriles is 1. The summed E-state index contributed by atoms with van der Waals surface area (Å²) in [5.74, 6) is 1.82. The van der Waals surface area contributed by atoms with Crippen molar-refractivity contribution in [1.29, 1.82) is 5.26 Å². The molecule has 0 aliphatic heterocycles. The Labute approximate surface area is 152 Å². The fourth-order valence-electron chi connectivity index (χ4n) is 2.73. The second-order valence-electron chi connectivity index (χ2n) is 6.00. The zero-order valence-corrected chi connectivity index (χ0v) is 15.2. The van der Waals surface area contributed by atoms with Gasteiger partial charge in [0.1, 0.15) is 11.9 Å². The van der Waals surface area contributed by atoms with E-state index in [1.165, 1.54) is 0 Å². The molecule has 0 saturated carbocycles. The minimum Gasteiger partial charge on any atom is -0.493 e. The molecule has 2 aromatic carbocycles. The van der Waals surface area contributed by atoms with Gasteiger partial charge in [-0.15, -0.1) is 0 Å². The SMILES string of the molecule is CCCOc1c(/C=C(/C#N)c2nc3ccc(C)cc3[nH]2)cccc1OC. The number of nitrogens with zero attached hydrogens (tertiary/aromatic N) is 2. The van der Waals surface area contributed by atoms with Gasteiger partial charge in [0.2, 0.25) is 0 Å². The number of nitrogens with one attached hydrogen (secondary N) is 1. The Balaban J connectivity index is 2.07. The van der Waals surface area contributed by atoms with Gasteiger partial charge in [0.25, 0.3) is 0 Å². The van der Waals surface area contributed by atoms with Crippen LogP contribution in [0.15, 0.2) is 36.4 Å². The van der Waals surface area contributed by atoms with Crippen molar-refractivity contribution >= 4 is 22.7 Å². The maximum absolute atomic E-state index is 9.66. The van der Waals surface area contributed by atoms with Crippen LogP contribution in [0.3, 0.4) is 0 Å². The van der Waals surface area contributed by atoms with Crippen LogP contribution in [0.5, 0.6) is 11.5 Å². The molecule has 0 radical (unpaired) electrons. The van der Waals surface area contributed by atoms with E-state index in [4.69, 9.17) is 9.47 Å². The van der Waals surface area contributed by atoms with Gasteiger partial charge >= 0.3 is 0 Å². The van der Waals surface area contributed by atoms with E-state index in [1.807, 2.05) is 50.2 Å². The lowest BCUT2D eigenvalue weighted by atomic mass is 10.1. The van der Waals surface area contributed by atoms with Crippen LogP contribution in [-0.4, -0.2) is 23.7 Å². The molecule has 5 heteroatoms. The number of aryl methyl sites for hydroxylation is 1. The first-order valence-electron chi connectivity index (χ1n) is 8.54. The number of ether oxygens (including phenoxy) is 2. The summed E-state index contributed by atoms with van der Waals surface area (Å²) < 4.78 is 11.3. The number of benzene rings is 2. The topological polar surface area (TPSA) is 70.9 Å². The van der Waals surface area contributed by atoms with Gasteiger partial charge in [0, 0.05) is 5.56 Å². The molecule has 0 saturated heterocycles. The van der Waals surface area contributed by atoms with E-state index in [-0.39, 0.29) is 0 Å². The summed E-state index contributed by atoms with van der Waals surface area (Å²) >= 11 is 0. The number of hydrogen-bond acceptors (Lipinski definition) is 4. The Morgan fingerprint density at radius 2 is 2.15 bits per heavy atom. The van der Waals surface area contributed by atoms with Crippen LogP contribution in [0.25, 0.3) is 22.7 Å². The highest BCUT2D eigenvalue weighted by molar-refractivity contribution is 5.91. The van der Waals surface area contributed by atoms with E-state index in [2.05, 4.69) is 16.0 Å². The van der Waals surface area contributed by atoms with E-state index in [0.29, 0.717) is 29.5 Å². The summed E-state index contributed by atoms with van der Waals surface area (Å²) in [4.78, 5) is 7.76.